The molecular formula is C18H21NO2S. The van der Waals surface area contributed by atoms with Crippen molar-refractivity contribution in [2.45, 2.75) is 31.9 Å². The number of hydrogen-bond donors (Lipinski definition) is 0. The van der Waals surface area contributed by atoms with Crippen molar-refractivity contribution in [3.63, 3.8) is 0 Å². The van der Waals surface area contributed by atoms with E-state index in [2.05, 4.69) is 30.5 Å². The largest absolute Gasteiger partial charge is 0.373 e. The lowest BCUT2D eigenvalue weighted by Gasteiger charge is -2.29. The number of amides is 1. The van der Waals surface area contributed by atoms with Gasteiger partial charge in [-0.1, -0.05) is 30.3 Å². The molecule has 0 bridgehead atoms. The zero-order valence-electron chi connectivity index (χ0n) is 13.0. The number of thiophene rings is 1. The predicted molar refractivity (Wildman–Crippen MR) is 89.0 cm³/mol. The van der Waals surface area contributed by atoms with E-state index < -0.39 is 0 Å². The van der Waals surface area contributed by atoms with Crippen LogP contribution in [-0.4, -0.2) is 24.5 Å². The minimum atomic E-state index is -0.0899. The van der Waals surface area contributed by atoms with Gasteiger partial charge in [0, 0.05) is 18.3 Å². The molecule has 0 saturated heterocycles. The van der Waals surface area contributed by atoms with Crippen LogP contribution in [0.15, 0.2) is 41.8 Å². The molecule has 2 atom stereocenters. The van der Waals surface area contributed by atoms with Gasteiger partial charge in [-0.3, -0.25) is 4.79 Å². The Balaban J connectivity index is 1.68. The number of nitrogens with zero attached hydrogens (tertiary/aromatic N) is 1. The van der Waals surface area contributed by atoms with Gasteiger partial charge in [-0.05, 0) is 29.5 Å². The summed E-state index contributed by atoms with van der Waals surface area (Å²) in [5, 5.41) is 2.09. The lowest BCUT2D eigenvalue weighted by molar-refractivity contribution is -0.135. The summed E-state index contributed by atoms with van der Waals surface area (Å²) in [6.45, 7) is 2.77. The molecule has 1 aromatic heterocycles. The molecule has 0 radical (unpaired) electrons. The number of fused-ring (bicyclic) bond motifs is 1. The van der Waals surface area contributed by atoms with Crippen LogP contribution in [0.25, 0.3) is 0 Å². The van der Waals surface area contributed by atoms with Crippen molar-refractivity contribution in [2.75, 3.05) is 13.7 Å². The summed E-state index contributed by atoms with van der Waals surface area (Å²) in [4.78, 5) is 15.8. The van der Waals surface area contributed by atoms with Gasteiger partial charge in [0.05, 0.1) is 25.2 Å². The Bertz CT molecular complexity index is 638. The maximum absolute atomic E-state index is 12.6. The Labute approximate surface area is 135 Å². The highest BCUT2D eigenvalue weighted by Gasteiger charge is 2.27. The van der Waals surface area contributed by atoms with Crippen molar-refractivity contribution in [3.8, 4) is 0 Å². The first-order valence-corrected chi connectivity index (χ1v) is 8.53. The topological polar surface area (TPSA) is 29.5 Å². The lowest BCUT2D eigenvalue weighted by Crippen LogP contribution is -2.31. The number of carbonyl (C=O) groups is 1. The van der Waals surface area contributed by atoms with Gasteiger partial charge in [-0.2, -0.15) is 0 Å². The molecule has 1 aliphatic rings. The van der Waals surface area contributed by atoms with Gasteiger partial charge in [-0.15, -0.1) is 11.3 Å². The van der Waals surface area contributed by atoms with Gasteiger partial charge in [0.25, 0.3) is 0 Å². The van der Waals surface area contributed by atoms with Crippen molar-refractivity contribution >= 4 is 17.2 Å². The molecule has 0 N–H and O–H groups in total. The third-order valence-corrected chi connectivity index (χ3v) is 5.39. The molecule has 1 aliphatic heterocycles. The van der Waals surface area contributed by atoms with Crippen molar-refractivity contribution in [2.24, 2.45) is 0 Å². The van der Waals surface area contributed by atoms with E-state index in [0.29, 0.717) is 13.0 Å². The van der Waals surface area contributed by atoms with E-state index in [-0.39, 0.29) is 18.1 Å². The van der Waals surface area contributed by atoms with Crippen LogP contribution in [0.5, 0.6) is 0 Å². The van der Waals surface area contributed by atoms with E-state index in [0.717, 1.165) is 12.0 Å². The van der Waals surface area contributed by atoms with Crippen LogP contribution >= 0.6 is 11.3 Å². The second-order valence-corrected chi connectivity index (χ2v) is 6.70. The van der Waals surface area contributed by atoms with E-state index in [4.69, 9.17) is 4.74 Å². The van der Waals surface area contributed by atoms with Crippen molar-refractivity contribution in [1.29, 1.82) is 0 Å². The fraction of sp³-hybridized carbons (Fsp3) is 0.389. The zero-order chi connectivity index (χ0) is 15.5. The highest BCUT2D eigenvalue weighted by Crippen LogP contribution is 2.34. The van der Waals surface area contributed by atoms with E-state index in [1.807, 2.05) is 30.1 Å². The molecule has 0 aliphatic carbocycles. The number of hydrogen-bond acceptors (Lipinski definition) is 3. The summed E-state index contributed by atoms with van der Waals surface area (Å²) in [6.07, 6.45) is 1.29. The molecule has 116 valence electrons. The van der Waals surface area contributed by atoms with E-state index >= 15 is 0 Å². The Hall–Kier alpha value is -1.65. The molecule has 0 unspecified atom stereocenters. The van der Waals surface area contributed by atoms with Crippen molar-refractivity contribution < 1.29 is 9.53 Å². The summed E-state index contributed by atoms with van der Waals surface area (Å²) in [7, 11) is 1.87. The van der Waals surface area contributed by atoms with E-state index in [1.54, 1.807) is 11.3 Å². The van der Waals surface area contributed by atoms with Gasteiger partial charge >= 0.3 is 0 Å². The van der Waals surface area contributed by atoms with Crippen LogP contribution in [0.3, 0.4) is 0 Å². The molecule has 2 heterocycles. The number of rotatable bonds is 4. The van der Waals surface area contributed by atoms with Gasteiger partial charge < -0.3 is 9.64 Å². The highest BCUT2D eigenvalue weighted by molar-refractivity contribution is 7.10. The summed E-state index contributed by atoms with van der Waals surface area (Å²) < 4.78 is 5.83. The van der Waals surface area contributed by atoms with Crippen LogP contribution in [0, 0.1) is 0 Å². The van der Waals surface area contributed by atoms with Crippen molar-refractivity contribution in [1.82, 2.24) is 4.90 Å². The molecule has 1 aromatic carbocycles. The minimum Gasteiger partial charge on any atom is -0.373 e. The summed E-state index contributed by atoms with van der Waals surface area (Å²) in [5.74, 6) is 0.125. The van der Waals surface area contributed by atoms with E-state index in [1.165, 1.54) is 10.4 Å². The first kappa shape index (κ1) is 15.3. The van der Waals surface area contributed by atoms with Crippen LogP contribution in [0.1, 0.15) is 41.5 Å². The lowest BCUT2D eigenvalue weighted by atomic mass is 10.0. The highest BCUT2D eigenvalue weighted by atomic mass is 32.1. The van der Waals surface area contributed by atoms with Gasteiger partial charge in [0.2, 0.25) is 5.91 Å². The predicted octanol–water partition coefficient (Wildman–Crippen LogP) is 3.97. The quantitative estimate of drug-likeness (QED) is 0.854. The Kier molecular flexibility index (Phi) is 4.60. The van der Waals surface area contributed by atoms with Gasteiger partial charge in [-0.25, -0.2) is 0 Å². The van der Waals surface area contributed by atoms with Crippen LogP contribution in [0.2, 0.25) is 0 Å². The smallest absolute Gasteiger partial charge is 0.225 e. The first-order chi connectivity index (χ1) is 10.7. The summed E-state index contributed by atoms with van der Waals surface area (Å²) in [6, 6.07) is 12.3. The number of ether oxygens (including phenoxy) is 1. The van der Waals surface area contributed by atoms with E-state index in [9.17, 15) is 4.79 Å². The van der Waals surface area contributed by atoms with Gasteiger partial charge in [0.1, 0.15) is 0 Å². The standard InChI is InChI=1S/C18H21NO2S/c1-13(14-6-4-3-5-7-14)19(2)18(20)12-16-15-9-11-22-17(15)8-10-21-16/h3-7,9,11,13,16H,8,10,12H2,1-2H3/t13-,16+/m0/s1. The molecule has 3 nitrogen and oxygen atoms in total. The summed E-state index contributed by atoms with van der Waals surface area (Å²) in [5.41, 5.74) is 2.35. The van der Waals surface area contributed by atoms with Crippen LogP contribution in [0.4, 0.5) is 0 Å². The second kappa shape index (κ2) is 6.63. The fourth-order valence-electron chi connectivity index (χ4n) is 2.87. The van der Waals surface area contributed by atoms with Crippen LogP contribution < -0.4 is 0 Å². The van der Waals surface area contributed by atoms with Crippen molar-refractivity contribution in [3.05, 3.63) is 57.8 Å². The molecule has 22 heavy (non-hydrogen) atoms. The van der Waals surface area contributed by atoms with Crippen LogP contribution in [-0.2, 0) is 16.0 Å². The Morgan fingerprint density at radius 2 is 2.14 bits per heavy atom. The molecule has 2 aromatic rings. The molecule has 1 amide bonds. The van der Waals surface area contributed by atoms with Gasteiger partial charge in [0.15, 0.2) is 0 Å². The molecule has 0 spiro atoms. The maximum atomic E-state index is 12.6. The minimum absolute atomic E-state index is 0.0687. The summed E-state index contributed by atoms with van der Waals surface area (Å²) >= 11 is 1.76. The fourth-order valence-corrected chi connectivity index (χ4v) is 3.78. The number of carbonyl (C=O) groups excluding carboxylic acids is 1. The Morgan fingerprint density at radius 1 is 1.36 bits per heavy atom. The monoisotopic (exact) mass is 315 g/mol. The average Bonchev–Trinajstić information content (AvgIpc) is 3.04. The maximum Gasteiger partial charge on any atom is 0.225 e. The normalized spacial score (nSPS) is 18.5. The third kappa shape index (κ3) is 3.08. The molecule has 0 fully saturated rings. The SMILES string of the molecule is C[C@@H](c1ccccc1)N(C)C(=O)C[C@H]1OCCc2sccc21. The molecular weight excluding hydrogens is 294 g/mol. The first-order valence-electron chi connectivity index (χ1n) is 7.65. The molecule has 0 saturated carbocycles. The Morgan fingerprint density at radius 3 is 2.91 bits per heavy atom. The molecule has 4 heteroatoms. The number of benzene rings is 1. The zero-order valence-corrected chi connectivity index (χ0v) is 13.8. The second-order valence-electron chi connectivity index (χ2n) is 5.70. The average molecular weight is 315 g/mol. The molecule has 3 rings (SSSR count). The third-order valence-electron chi connectivity index (χ3n) is 4.39.